The van der Waals surface area contributed by atoms with E-state index in [1.807, 2.05) is 19.9 Å². The highest BCUT2D eigenvalue weighted by Crippen LogP contribution is 2.37. The highest BCUT2D eigenvalue weighted by Gasteiger charge is 2.27. The van der Waals surface area contributed by atoms with Crippen LogP contribution in [0.5, 0.6) is 5.75 Å². The second-order valence-electron chi connectivity index (χ2n) is 5.56. The van der Waals surface area contributed by atoms with E-state index in [9.17, 15) is 5.11 Å². The predicted octanol–water partition coefficient (Wildman–Crippen LogP) is 3.34. The second kappa shape index (κ2) is 4.94. The topological polar surface area (TPSA) is 58.3 Å². The number of phenols is 1. The lowest BCUT2D eigenvalue weighted by Crippen LogP contribution is -2.23. The van der Waals surface area contributed by atoms with Gasteiger partial charge in [-0.05, 0) is 50.8 Å². The fraction of sp³-hybridized carbons (Fsp3) is 0.438. The fourth-order valence-corrected chi connectivity index (χ4v) is 3.30. The Hall–Kier alpha value is -1.81. The van der Waals surface area contributed by atoms with Crippen LogP contribution < -0.4 is 5.32 Å². The van der Waals surface area contributed by atoms with Gasteiger partial charge in [0.2, 0.25) is 0 Å². The summed E-state index contributed by atoms with van der Waals surface area (Å²) in [6.45, 7) is 6.05. The third-order valence-corrected chi connectivity index (χ3v) is 4.22. The number of nitrogens with one attached hydrogen (secondary N) is 1. The van der Waals surface area contributed by atoms with E-state index >= 15 is 0 Å². The molecule has 2 aromatic rings. The zero-order valence-electron chi connectivity index (χ0n) is 12.1. The monoisotopic (exact) mass is 272 g/mol. The fourth-order valence-electron chi connectivity index (χ4n) is 3.30. The van der Waals surface area contributed by atoms with E-state index in [2.05, 4.69) is 23.5 Å². The number of phenolic OH excluding ortho intramolecular Hbond substituents is 1. The summed E-state index contributed by atoms with van der Waals surface area (Å²) < 4.78 is 5.24. The molecule has 1 aromatic carbocycles. The Morgan fingerprint density at radius 3 is 2.90 bits per heavy atom. The first-order chi connectivity index (χ1) is 9.58. The van der Waals surface area contributed by atoms with Gasteiger partial charge in [0.15, 0.2) is 0 Å². The average molecular weight is 272 g/mol. The van der Waals surface area contributed by atoms with Crippen LogP contribution in [0.15, 0.2) is 22.7 Å². The summed E-state index contributed by atoms with van der Waals surface area (Å²) in [6.07, 6.45) is 1.94. The maximum absolute atomic E-state index is 9.90. The third-order valence-electron chi connectivity index (χ3n) is 4.22. The first-order valence-corrected chi connectivity index (χ1v) is 7.07. The van der Waals surface area contributed by atoms with Crippen LogP contribution in [-0.2, 0) is 6.42 Å². The van der Waals surface area contributed by atoms with E-state index in [1.165, 1.54) is 5.56 Å². The summed E-state index contributed by atoms with van der Waals surface area (Å²) in [7, 11) is 0. The summed E-state index contributed by atoms with van der Waals surface area (Å²) in [6, 6.07) is 6.23. The number of nitrogens with zero attached hydrogens (tertiary/aromatic N) is 1. The van der Waals surface area contributed by atoms with Gasteiger partial charge in [0.25, 0.3) is 0 Å². The van der Waals surface area contributed by atoms with Crippen LogP contribution in [0, 0.1) is 13.8 Å². The van der Waals surface area contributed by atoms with Crippen molar-refractivity contribution in [3.63, 3.8) is 0 Å². The Kier molecular flexibility index (Phi) is 3.26. The normalized spacial score (nSPS) is 19.1. The zero-order chi connectivity index (χ0) is 14.3. The van der Waals surface area contributed by atoms with E-state index in [-0.39, 0.29) is 12.1 Å². The van der Waals surface area contributed by atoms with Gasteiger partial charge in [-0.3, -0.25) is 0 Å². The van der Waals surface area contributed by atoms with Gasteiger partial charge in [-0.2, -0.15) is 0 Å². The standard InChI is InChI=1S/C16H20N2O2/c1-9(16-10(2)18-20-11(16)3)17-14-8-7-13-12(14)5-4-6-15(13)19/h4-6,9,14,17,19H,7-8H2,1-3H3. The molecule has 0 saturated heterocycles. The number of hydrogen-bond donors (Lipinski definition) is 2. The van der Waals surface area contributed by atoms with Crippen LogP contribution in [0.25, 0.3) is 0 Å². The molecule has 0 saturated carbocycles. The summed E-state index contributed by atoms with van der Waals surface area (Å²) in [5.74, 6) is 1.29. The first-order valence-electron chi connectivity index (χ1n) is 7.07. The van der Waals surface area contributed by atoms with Gasteiger partial charge in [-0.1, -0.05) is 17.3 Å². The van der Waals surface area contributed by atoms with Crippen molar-refractivity contribution in [2.75, 3.05) is 0 Å². The van der Waals surface area contributed by atoms with Crippen LogP contribution in [0.2, 0.25) is 0 Å². The number of benzene rings is 1. The van der Waals surface area contributed by atoms with Gasteiger partial charge in [0, 0.05) is 17.6 Å². The molecule has 0 spiro atoms. The minimum Gasteiger partial charge on any atom is -0.508 e. The molecule has 3 rings (SSSR count). The van der Waals surface area contributed by atoms with Crippen LogP contribution in [-0.4, -0.2) is 10.3 Å². The summed E-state index contributed by atoms with van der Waals surface area (Å²) in [5.41, 5.74) is 4.37. The molecule has 0 bridgehead atoms. The zero-order valence-corrected chi connectivity index (χ0v) is 12.1. The number of rotatable bonds is 3. The van der Waals surface area contributed by atoms with Gasteiger partial charge < -0.3 is 14.9 Å². The smallest absolute Gasteiger partial charge is 0.138 e. The van der Waals surface area contributed by atoms with Crippen LogP contribution in [0.3, 0.4) is 0 Å². The van der Waals surface area contributed by atoms with E-state index < -0.39 is 0 Å². The van der Waals surface area contributed by atoms with E-state index in [1.54, 1.807) is 6.07 Å². The summed E-state index contributed by atoms with van der Waals surface area (Å²) in [4.78, 5) is 0. The molecule has 1 aliphatic rings. The molecule has 2 N–H and O–H groups in total. The molecule has 20 heavy (non-hydrogen) atoms. The maximum atomic E-state index is 9.90. The van der Waals surface area contributed by atoms with Gasteiger partial charge in [0.1, 0.15) is 11.5 Å². The molecule has 106 valence electrons. The van der Waals surface area contributed by atoms with Crippen LogP contribution in [0.1, 0.15) is 53.6 Å². The molecule has 2 unspecified atom stereocenters. The molecule has 1 aromatic heterocycles. The maximum Gasteiger partial charge on any atom is 0.138 e. The lowest BCUT2D eigenvalue weighted by atomic mass is 10.0. The lowest BCUT2D eigenvalue weighted by molar-refractivity contribution is 0.388. The van der Waals surface area contributed by atoms with Crippen LogP contribution >= 0.6 is 0 Å². The molecule has 0 aliphatic heterocycles. The molecular weight excluding hydrogens is 252 g/mol. The lowest BCUT2D eigenvalue weighted by Gasteiger charge is -2.20. The highest BCUT2D eigenvalue weighted by atomic mass is 16.5. The Morgan fingerprint density at radius 2 is 2.20 bits per heavy atom. The van der Waals surface area contributed by atoms with Gasteiger partial charge >= 0.3 is 0 Å². The number of aromatic hydroxyl groups is 1. The van der Waals surface area contributed by atoms with Crippen molar-refractivity contribution >= 4 is 0 Å². The Balaban J connectivity index is 1.83. The van der Waals surface area contributed by atoms with Crippen molar-refractivity contribution in [3.05, 3.63) is 46.3 Å². The Bertz CT molecular complexity index is 614. The minimum atomic E-state index is 0.180. The Labute approximate surface area is 118 Å². The molecule has 0 fully saturated rings. The number of aromatic nitrogens is 1. The number of fused-ring (bicyclic) bond motifs is 1. The summed E-state index contributed by atoms with van der Waals surface area (Å²) in [5, 5.41) is 17.6. The molecule has 0 amide bonds. The van der Waals surface area contributed by atoms with E-state index in [4.69, 9.17) is 4.52 Å². The second-order valence-corrected chi connectivity index (χ2v) is 5.56. The molecular formula is C16H20N2O2. The minimum absolute atomic E-state index is 0.180. The van der Waals surface area contributed by atoms with Crippen LogP contribution in [0.4, 0.5) is 0 Å². The highest BCUT2D eigenvalue weighted by molar-refractivity contribution is 5.44. The quantitative estimate of drug-likeness (QED) is 0.899. The van der Waals surface area contributed by atoms with E-state index in [0.717, 1.165) is 35.4 Å². The van der Waals surface area contributed by atoms with Crippen molar-refractivity contribution in [1.82, 2.24) is 10.5 Å². The van der Waals surface area contributed by atoms with E-state index in [0.29, 0.717) is 5.75 Å². The predicted molar refractivity (Wildman–Crippen MR) is 76.7 cm³/mol. The molecule has 2 atom stereocenters. The molecule has 0 radical (unpaired) electrons. The SMILES string of the molecule is Cc1noc(C)c1C(C)NC1CCc2c(O)cccc21. The first kappa shape index (κ1) is 13.2. The van der Waals surface area contributed by atoms with Crippen molar-refractivity contribution in [1.29, 1.82) is 0 Å². The van der Waals surface area contributed by atoms with Crippen molar-refractivity contribution in [2.45, 2.75) is 45.7 Å². The van der Waals surface area contributed by atoms with Crippen molar-refractivity contribution in [2.24, 2.45) is 0 Å². The molecule has 4 heteroatoms. The van der Waals surface area contributed by atoms with Crippen molar-refractivity contribution in [3.8, 4) is 5.75 Å². The summed E-state index contributed by atoms with van der Waals surface area (Å²) >= 11 is 0. The molecule has 1 aliphatic carbocycles. The third kappa shape index (κ3) is 2.10. The largest absolute Gasteiger partial charge is 0.508 e. The van der Waals surface area contributed by atoms with Gasteiger partial charge in [0.05, 0.1) is 5.69 Å². The van der Waals surface area contributed by atoms with Gasteiger partial charge in [-0.15, -0.1) is 0 Å². The Morgan fingerprint density at radius 1 is 1.40 bits per heavy atom. The molecule has 4 nitrogen and oxygen atoms in total. The average Bonchev–Trinajstić information content (AvgIpc) is 2.95. The molecule has 1 heterocycles. The number of aryl methyl sites for hydroxylation is 2. The number of hydrogen-bond acceptors (Lipinski definition) is 4. The van der Waals surface area contributed by atoms with Crippen molar-refractivity contribution < 1.29 is 9.63 Å². The van der Waals surface area contributed by atoms with Gasteiger partial charge in [-0.25, -0.2) is 0 Å².